The Labute approximate surface area is 209 Å². The van der Waals surface area contributed by atoms with Crippen LogP contribution in [0.25, 0.3) is 43.1 Å². The molecule has 0 saturated carbocycles. The van der Waals surface area contributed by atoms with Crippen LogP contribution in [0.15, 0.2) is 109 Å². The Morgan fingerprint density at radius 2 is 0.800 bits per heavy atom. The maximum absolute atomic E-state index is 11.9. The van der Waals surface area contributed by atoms with E-state index in [1.807, 2.05) is 60.7 Å². The minimum Gasteiger partial charge on any atom is -0.295 e. The smallest absolute Gasteiger partial charge is 0.159 e. The number of hydrogen-bond acceptors (Lipinski definition) is 3. The predicted octanol–water partition coefficient (Wildman–Crippen LogP) is 8.82. The summed E-state index contributed by atoms with van der Waals surface area (Å²) in [5.74, 6) is 0.115. The van der Waals surface area contributed by atoms with Gasteiger partial charge in [0, 0.05) is 32.0 Å². The number of rotatable bonds is 6. The average molecular weight is 473 g/mol. The van der Waals surface area contributed by atoms with Crippen molar-refractivity contribution >= 4 is 22.9 Å². The van der Waals surface area contributed by atoms with Crippen molar-refractivity contribution in [1.82, 2.24) is 0 Å². The van der Waals surface area contributed by atoms with Gasteiger partial charge in [-0.2, -0.15) is 0 Å². The minimum atomic E-state index is 0.0576. The Bertz CT molecular complexity index is 1380. The van der Waals surface area contributed by atoms with Gasteiger partial charge in [-0.3, -0.25) is 9.59 Å². The van der Waals surface area contributed by atoms with Crippen LogP contribution < -0.4 is 0 Å². The van der Waals surface area contributed by atoms with Crippen molar-refractivity contribution in [3.63, 3.8) is 0 Å². The van der Waals surface area contributed by atoms with E-state index in [-0.39, 0.29) is 11.6 Å². The number of carbonyl (C=O) groups excluding carboxylic acids is 2. The third-order valence-corrected chi connectivity index (χ3v) is 7.43. The Morgan fingerprint density at radius 3 is 1.11 bits per heavy atom. The highest BCUT2D eigenvalue weighted by Gasteiger charge is 2.23. The quantitative estimate of drug-likeness (QED) is 0.231. The third kappa shape index (κ3) is 4.51. The van der Waals surface area contributed by atoms with Crippen LogP contribution in [0, 0.1) is 0 Å². The van der Waals surface area contributed by atoms with Crippen molar-refractivity contribution in [2.45, 2.75) is 13.8 Å². The SMILES string of the molecule is CC(=O)c1ccc(-c2sc(-c3ccc(C(C)=O)cc3)c(-c3ccccc3)c2-c2ccccc2)cc1. The Balaban J connectivity index is 1.81. The third-order valence-electron chi connectivity index (χ3n) is 6.14. The zero-order valence-electron chi connectivity index (χ0n) is 19.6. The molecule has 0 aliphatic rings. The number of ketones is 2. The minimum absolute atomic E-state index is 0.0576. The fourth-order valence-corrected chi connectivity index (χ4v) is 5.67. The lowest BCUT2D eigenvalue weighted by atomic mass is 9.91. The second kappa shape index (κ2) is 9.65. The molecule has 1 heterocycles. The lowest BCUT2D eigenvalue weighted by Crippen LogP contribution is -1.91. The van der Waals surface area contributed by atoms with Crippen LogP contribution in [0.2, 0.25) is 0 Å². The van der Waals surface area contributed by atoms with E-state index < -0.39 is 0 Å². The maximum Gasteiger partial charge on any atom is 0.159 e. The van der Waals surface area contributed by atoms with Gasteiger partial charge in [0.25, 0.3) is 0 Å². The first-order chi connectivity index (χ1) is 17.0. The zero-order valence-corrected chi connectivity index (χ0v) is 20.4. The van der Waals surface area contributed by atoms with Crippen LogP contribution in [-0.2, 0) is 0 Å². The highest BCUT2D eigenvalue weighted by molar-refractivity contribution is 7.20. The number of thiophene rings is 1. The fraction of sp³-hybridized carbons (Fsp3) is 0.0625. The number of hydrogen-bond donors (Lipinski definition) is 0. The van der Waals surface area contributed by atoms with E-state index in [4.69, 9.17) is 0 Å². The number of carbonyl (C=O) groups is 2. The van der Waals surface area contributed by atoms with Crippen molar-refractivity contribution in [1.29, 1.82) is 0 Å². The van der Waals surface area contributed by atoms with Crippen molar-refractivity contribution in [3.05, 3.63) is 120 Å². The molecular weight excluding hydrogens is 448 g/mol. The molecule has 5 rings (SSSR count). The monoisotopic (exact) mass is 472 g/mol. The Kier molecular flexibility index (Phi) is 6.26. The Morgan fingerprint density at radius 1 is 0.457 bits per heavy atom. The van der Waals surface area contributed by atoms with Crippen molar-refractivity contribution in [2.24, 2.45) is 0 Å². The van der Waals surface area contributed by atoms with Crippen molar-refractivity contribution in [2.75, 3.05) is 0 Å². The highest BCUT2D eigenvalue weighted by Crippen LogP contribution is 2.51. The average Bonchev–Trinajstić information content (AvgIpc) is 3.30. The summed E-state index contributed by atoms with van der Waals surface area (Å²) < 4.78 is 0. The van der Waals surface area contributed by atoms with Gasteiger partial charge in [0.1, 0.15) is 0 Å². The normalized spacial score (nSPS) is 10.8. The van der Waals surface area contributed by atoms with Gasteiger partial charge >= 0.3 is 0 Å². The lowest BCUT2D eigenvalue weighted by molar-refractivity contribution is 0.100. The van der Waals surface area contributed by atoms with Crippen LogP contribution in [0.1, 0.15) is 34.6 Å². The molecule has 0 unspecified atom stereocenters. The van der Waals surface area contributed by atoms with Gasteiger partial charge in [0.15, 0.2) is 11.6 Å². The van der Waals surface area contributed by atoms with E-state index in [0.717, 1.165) is 32.0 Å². The van der Waals surface area contributed by atoms with Crippen molar-refractivity contribution in [3.8, 4) is 43.1 Å². The van der Waals surface area contributed by atoms with Crippen LogP contribution in [0.5, 0.6) is 0 Å². The van der Waals surface area contributed by atoms with Crippen molar-refractivity contribution < 1.29 is 9.59 Å². The highest BCUT2D eigenvalue weighted by atomic mass is 32.1. The van der Waals surface area contributed by atoms with Crippen LogP contribution in [0.4, 0.5) is 0 Å². The summed E-state index contributed by atoms with van der Waals surface area (Å²) in [6.45, 7) is 3.18. The molecule has 0 fully saturated rings. The first-order valence-corrected chi connectivity index (χ1v) is 12.3. The van der Waals surface area contributed by atoms with E-state index in [1.54, 1.807) is 25.2 Å². The second-order valence-corrected chi connectivity index (χ2v) is 9.53. The summed E-state index contributed by atoms with van der Waals surface area (Å²) >= 11 is 1.74. The summed E-state index contributed by atoms with van der Waals surface area (Å²) in [6.07, 6.45) is 0. The maximum atomic E-state index is 11.9. The fourth-order valence-electron chi connectivity index (χ4n) is 4.31. The van der Waals surface area contributed by atoms with Gasteiger partial charge in [-0.1, -0.05) is 109 Å². The molecule has 3 heteroatoms. The molecule has 0 N–H and O–H groups in total. The molecule has 0 aliphatic carbocycles. The number of Topliss-reactive ketones (excluding diaryl/α,β-unsaturated/α-hetero) is 2. The molecule has 4 aromatic carbocycles. The first kappa shape index (κ1) is 22.7. The Hall–Kier alpha value is -4.08. The van der Waals surface area contributed by atoms with E-state index in [0.29, 0.717) is 11.1 Å². The molecule has 0 radical (unpaired) electrons. The second-order valence-electron chi connectivity index (χ2n) is 8.51. The number of benzene rings is 4. The van der Waals surface area contributed by atoms with Gasteiger partial charge < -0.3 is 0 Å². The van der Waals surface area contributed by atoms with Gasteiger partial charge in [0.05, 0.1) is 0 Å². The van der Waals surface area contributed by atoms with Crippen LogP contribution in [0.3, 0.4) is 0 Å². The topological polar surface area (TPSA) is 34.1 Å². The van der Waals surface area contributed by atoms with Gasteiger partial charge in [-0.05, 0) is 36.1 Å². The molecule has 170 valence electrons. The summed E-state index contributed by atoms with van der Waals surface area (Å²) in [7, 11) is 0. The standard InChI is InChI=1S/C32H24O2S/c1-21(33)23-13-17-27(18-14-23)31-29(25-9-5-3-6-10-25)30(26-11-7-4-8-12-26)32(35-31)28-19-15-24(16-20-28)22(2)34/h3-20H,1-2H3. The molecular formula is C32H24O2S. The molecule has 0 amide bonds. The molecule has 0 spiro atoms. The molecule has 0 atom stereocenters. The molecule has 2 nitrogen and oxygen atoms in total. The first-order valence-electron chi connectivity index (χ1n) is 11.5. The van der Waals surface area contributed by atoms with Gasteiger partial charge in [-0.25, -0.2) is 0 Å². The molecule has 0 saturated heterocycles. The summed E-state index contributed by atoms with van der Waals surface area (Å²) in [5, 5.41) is 0. The molecule has 0 bridgehead atoms. The van der Waals surface area contributed by atoms with E-state index in [1.165, 1.54) is 11.1 Å². The largest absolute Gasteiger partial charge is 0.295 e. The van der Waals surface area contributed by atoms with Gasteiger partial charge in [0.2, 0.25) is 0 Å². The van der Waals surface area contributed by atoms with E-state index in [9.17, 15) is 9.59 Å². The molecule has 35 heavy (non-hydrogen) atoms. The van der Waals surface area contributed by atoms with Crippen LogP contribution in [-0.4, -0.2) is 11.6 Å². The van der Waals surface area contributed by atoms with E-state index in [2.05, 4.69) is 48.5 Å². The summed E-state index contributed by atoms with van der Waals surface area (Å²) in [6, 6.07) is 36.6. The lowest BCUT2D eigenvalue weighted by Gasteiger charge is -2.11. The predicted molar refractivity (Wildman–Crippen MR) is 146 cm³/mol. The summed E-state index contributed by atoms with van der Waals surface area (Å²) in [5.41, 5.74) is 8.17. The molecule has 5 aromatic rings. The zero-order chi connectivity index (χ0) is 24.4. The molecule has 0 aliphatic heterocycles. The molecule has 1 aromatic heterocycles. The van der Waals surface area contributed by atoms with Crippen LogP contribution >= 0.6 is 11.3 Å². The van der Waals surface area contributed by atoms with E-state index >= 15 is 0 Å². The summed E-state index contributed by atoms with van der Waals surface area (Å²) in [4.78, 5) is 26.0. The van der Waals surface area contributed by atoms with Gasteiger partial charge in [-0.15, -0.1) is 11.3 Å².